The first kappa shape index (κ1) is 15.7. The SMILES string of the molecule is COc1ccc(C(=O)O)c(N(C)C2CCC(C)(C)CC2)c1. The quantitative estimate of drug-likeness (QED) is 0.916. The highest BCUT2D eigenvalue weighted by atomic mass is 16.5. The van der Waals surface area contributed by atoms with Gasteiger partial charge >= 0.3 is 5.97 Å². The Hall–Kier alpha value is -1.71. The van der Waals surface area contributed by atoms with Crippen molar-refractivity contribution in [2.45, 2.75) is 45.6 Å². The molecule has 1 aromatic rings. The van der Waals surface area contributed by atoms with Gasteiger partial charge in [0, 0.05) is 19.2 Å². The van der Waals surface area contributed by atoms with E-state index in [1.165, 1.54) is 12.8 Å². The van der Waals surface area contributed by atoms with Crippen molar-refractivity contribution in [1.82, 2.24) is 0 Å². The number of methoxy groups -OCH3 is 1. The Kier molecular flexibility index (Phi) is 4.45. The van der Waals surface area contributed by atoms with E-state index in [9.17, 15) is 9.90 Å². The van der Waals surface area contributed by atoms with Gasteiger partial charge in [-0.2, -0.15) is 0 Å². The lowest BCUT2D eigenvalue weighted by molar-refractivity contribution is 0.0697. The summed E-state index contributed by atoms with van der Waals surface area (Å²) in [7, 11) is 3.59. The molecule has 0 bridgehead atoms. The average Bonchev–Trinajstić information content (AvgIpc) is 2.45. The fourth-order valence-corrected chi connectivity index (χ4v) is 3.08. The monoisotopic (exact) mass is 291 g/mol. The lowest BCUT2D eigenvalue weighted by Crippen LogP contribution is -2.37. The molecule has 0 aromatic heterocycles. The zero-order chi connectivity index (χ0) is 15.6. The second-order valence-electron chi connectivity index (χ2n) is 6.69. The molecule has 1 fully saturated rings. The minimum atomic E-state index is -0.893. The molecular formula is C17H25NO3. The fourth-order valence-electron chi connectivity index (χ4n) is 3.08. The molecule has 0 amide bonds. The highest BCUT2D eigenvalue weighted by Crippen LogP contribution is 2.38. The summed E-state index contributed by atoms with van der Waals surface area (Å²) < 4.78 is 5.24. The summed E-state index contributed by atoms with van der Waals surface area (Å²) in [5, 5.41) is 9.39. The topological polar surface area (TPSA) is 49.8 Å². The Balaban J connectivity index is 2.25. The molecule has 2 rings (SSSR count). The molecule has 1 aromatic carbocycles. The number of aromatic carboxylic acids is 1. The first-order valence-corrected chi connectivity index (χ1v) is 7.48. The van der Waals surface area contributed by atoms with Gasteiger partial charge in [-0.3, -0.25) is 0 Å². The van der Waals surface area contributed by atoms with Crippen LogP contribution in [0.1, 0.15) is 49.9 Å². The lowest BCUT2D eigenvalue weighted by Gasteiger charge is -2.40. The van der Waals surface area contributed by atoms with E-state index in [1.54, 1.807) is 19.2 Å². The van der Waals surface area contributed by atoms with Gasteiger partial charge in [-0.1, -0.05) is 13.8 Å². The number of carboxylic acids is 1. The van der Waals surface area contributed by atoms with Crippen LogP contribution in [0, 0.1) is 5.41 Å². The molecule has 0 heterocycles. The van der Waals surface area contributed by atoms with Crippen LogP contribution in [-0.2, 0) is 0 Å². The van der Waals surface area contributed by atoms with Crippen LogP contribution in [0.3, 0.4) is 0 Å². The average molecular weight is 291 g/mol. The molecule has 0 radical (unpaired) electrons. The van der Waals surface area contributed by atoms with E-state index in [-0.39, 0.29) is 0 Å². The Labute approximate surface area is 126 Å². The Morgan fingerprint density at radius 3 is 2.48 bits per heavy atom. The molecule has 0 aliphatic heterocycles. The van der Waals surface area contributed by atoms with Gasteiger partial charge in [0.2, 0.25) is 0 Å². The summed E-state index contributed by atoms with van der Waals surface area (Å²) in [6.07, 6.45) is 4.54. The van der Waals surface area contributed by atoms with Crippen LogP contribution in [0.2, 0.25) is 0 Å². The van der Waals surface area contributed by atoms with Gasteiger partial charge < -0.3 is 14.7 Å². The summed E-state index contributed by atoms with van der Waals surface area (Å²) in [6, 6.07) is 5.54. The molecule has 4 heteroatoms. The van der Waals surface area contributed by atoms with Crippen molar-refractivity contribution < 1.29 is 14.6 Å². The number of hydrogen-bond donors (Lipinski definition) is 1. The molecule has 1 saturated carbocycles. The van der Waals surface area contributed by atoms with Gasteiger partial charge in [-0.25, -0.2) is 4.79 Å². The molecule has 0 spiro atoms. The van der Waals surface area contributed by atoms with E-state index in [4.69, 9.17) is 4.74 Å². The van der Waals surface area contributed by atoms with Gasteiger partial charge in [-0.15, -0.1) is 0 Å². The third-order valence-corrected chi connectivity index (χ3v) is 4.67. The number of benzene rings is 1. The first-order valence-electron chi connectivity index (χ1n) is 7.48. The maximum Gasteiger partial charge on any atom is 0.337 e. The Morgan fingerprint density at radius 1 is 1.33 bits per heavy atom. The Bertz CT molecular complexity index is 515. The van der Waals surface area contributed by atoms with Crippen molar-refractivity contribution in [3.8, 4) is 5.75 Å². The summed E-state index contributed by atoms with van der Waals surface area (Å²) in [5.41, 5.74) is 1.48. The number of ether oxygens (including phenoxy) is 1. The summed E-state index contributed by atoms with van der Waals surface area (Å²) in [4.78, 5) is 13.6. The second-order valence-corrected chi connectivity index (χ2v) is 6.69. The maximum absolute atomic E-state index is 11.4. The molecule has 21 heavy (non-hydrogen) atoms. The van der Waals surface area contributed by atoms with E-state index >= 15 is 0 Å². The van der Waals surface area contributed by atoms with Crippen LogP contribution < -0.4 is 9.64 Å². The Morgan fingerprint density at radius 2 is 1.95 bits per heavy atom. The van der Waals surface area contributed by atoms with Crippen molar-refractivity contribution in [2.75, 3.05) is 19.1 Å². The van der Waals surface area contributed by atoms with Crippen LogP contribution in [-0.4, -0.2) is 31.3 Å². The third-order valence-electron chi connectivity index (χ3n) is 4.67. The standard InChI is InChI=1S/C17H25NO3/c1-17(2)9-7-12(8-10-17)18(3)15-11-13(21-4)5-6-14(15)16(19)20/h5-6,11-12H,7-10H2,1-4H3,(H,19,20). The van der Waals surface area contributed by atoms with Crippen LogP contribution in [0.5, 0.6) is 5.75 Å². The van der Waals surface area contributed by atoms with Gasteiger partial charge in [0.1, 0.15) is 5.75 Å². The van der Waals surface area contributed by atoms with Crippen molar-refractivity contribution in [1.29, 1.82) is 0 Å². The molecule has 1 N–H and O–H groups in total. The van der Waals surface area contributed by atoms with Crippen molar-refractivity contribution >= 4 is 11.7 Å². The summed E-state index contributed by atoms with van der Waals surface area (Å²) in [6.45, 7) is 4.61. The molecule has 0 unspecified atom stereocenters. The minimum absolute atomic E-state index is 0.336. The van der Waals surface area contributed by atoms with Crippen LogP contribution in [0.25, 0.3) is 0 Å². The highest BCUT2D eigenvalue weighted by Gasteiger charge is 2.30. The normalized spacial score (nSPS) is 18.3. The lowest BCUT2D eigenvalue weighted by atomic mass is 9.75. The number of nitrogens with zero attached hydrogens (tertiary/aromatic N) is 1. The zero-order valence-electron chi connectivity index (χ0n) is 13.3. The van der Waals surface area contributed by atoms with E-state index in [0.717, 1.165) is 18.5 Å². The molecule has 0 atom stereocenters. The van der Waals surface area contributed by atoms with Gasteiger partial charge in [0.15, 0.2) is 0 Å². The van der Waals surface area contributed by atoms with E-state index in [0.29, 0.717) is 22.8 Å². The minimum Gasteiger partial charge on any atom is -0.497 e. The van der Waals surface area contributed by atoms with Crippen molar-refractivity contribution in [3.05, 3.63) is 23.8 Å². The molecule has 0 saturated heterocycles. The number of hydrogen-bond acceptors (Lipinski definition) is 3. The number of rotatable bonds is 4. The van der Waals surface area contributed by atoms with E-state index in [2.05, 4.69) is 18.7 Å². The van der Waals surface area contributed by atoms with Crippen LogP contribution in [0.15, 0.2) is 18.2 Å². The smallest absolute Gasteiger partial charge is 0.337 e. The first-order chi connectivity index (χ1) is 9.84. The molecule has 1 aliphatic rings. The van der Waals surface area contributed by atoms with Crippen LogP contribution >= 0.6 is 0 Å². The zero-order valence-corrected chi connectivity index (χ0v) is 13.3. The molecule has 4 nitrogen and oxygen atoms in total. The highest BCUT2D eigenvalue weighted by molar-refractivity contribution is 5.94. The number of anilines is 1. The van der Waals surface area contributed by atoms with Crippen LogP contribution in [0.4, 0.5) is 5.69 Å². The largest absolute Gasteiger partial charge is 0.497 e. The molecule has 116 valence electrons. The van der Waals surface area contributed by atoms with Gasteiger partial charge in [0.25, 0.3) is 0 Å². The van der Waals surface area contributed by atoms with Gasteiger partial charge in [0.05, 0.1) is 18.4 Å². The fraction of sp³-hybridized carbons (Fsp3) is 0.588. The molecular weight excluding hydrogens is 266 g/mol. The summed E-state index contributed by atoms with van der Waals surface area (Å²) >= 11 is 0. The van der Waals surface area contributed by atoms with Crippen molar-refractivity contribution in [3.63, 3.8) is 0 Å². The van der Waals surface area contributed by atoms with E-state index < -0.39 is 5.97 Å². The second kappa shape index (κ2) is 5.96. The van der Waals surface area contributed by atoms with E-state index in [1.807, 2.05) is 13.1 Å². The number of carboxylic acid groups (broad SMARTS) is 1. The third kappa shape index (κ3) is 3.49. The predicted octanol–water partition coefficient (Wildman–Crippen LogP) is 3.80. The molecule has 1 aliphatic carbocycles. The summed E-state index contributed by atoms with van der Waals surface area (Å²) in [5.74, 6) is -0.200. The maximum atomic E-state index is 11.4. The number of carbonyl (C=O) groups is 1. The van der Waals surface area contributed by atoms with Gasteiger partial charge in [-0.05, 0) is 43.2 Å². The van der Waals surface area contributed by atoms with Crippen molar-refractivity contribution in [2.24, 2.45) is 5.41 Å². The predicted molar refractivity (Wildman–Crippen MR) is 84.4 cm³/mol.